The predicted octanol–water partition coefficient (Wildman–Crippen LogP) is 2.22. The Morgan fingerprint density at radius 3 is 2.68 bits per heavy atom. The molecule has 19 heavy (non-hydrogen) atoms. The van der Waals surface area contributed by atoms with Gasteiger partial charge in [0.25, 0.3) is 5.91 Å². The topological polar surface area (TPSA) is 78.4 Å². The average Bonchev–Trinajstić information content (AvgIpc) is 2.86. The quantitative estimate of drug-likeness (QED) is 0.673. The molecule has 1 heterocycles. The highest BCUT2D eigenvalue weighted by Crippen LogP contribution is 2.08. The van der Waals surface area contributed by atoms with Gasteiger partial charge in [0.05, 0.1) is 29.7 Å². The predicted molar refractivity (Wildman–Crippen MR) is 69.7 cm³/mol. The van der Waals surface area contributed by atoms with Crippen molar-refractivity contribution >= 4 is 12.1 Å². The minimum absolute atomic E-state index is 0.323. The van der Waals surface area contributed by atoms with E-state index in [-0.39, 0.29) is 5.91 Å². The van der Waals surface area contributed by atoms with E-state index in [4.69, 9.17) is 9.68 Å². The van der Waals surface area contributed by atoms with Gasteiger partial charge in [-0.3, -0.25) is 4.79 Å². The highest BCUT2D eigenvalue weighted by Gasteiger charge is 2.09. The lowest BCUT2D eigenvalue weighted by Crippen LogP contribution is -2.17. The number of nitrogens with one attached hydrogen (secondary N) is 1. The van der Waals surface area contributed by atoms with Gasteiger partial charge in [-0.25, -0.2) is 5.43 Å². The standard InChI is InChI=1S/C14H11N3O2/c1-10-13(6-7-19-10)14(18)17-16-9-12-4-2-11(8-15)3-5-12/h2-7,9H,1H3,(H,17,18)/b16-9+. The Balaban J connectivity index is 1.98. The Morgan fingerprint density at radius 1 is 1.37 bits per heavy atom. The van der Waals surface area contributed by atoms with Gasteiger partial charge in [-0.1, -0.05) is 12.1 Å². The van der Waals surface area contributed by atoms with Crippen molar-refractivity contribution in [2.24, 2.45) is 5.10 Å². The molecule has 1 N–H and O–H groups in total. The van der Waals surface area contributed by atoms with Gasteiger partial charge in [-0.05, 0) is 30.7 Å². The number of hydrazone groups is 1. The van der Waals surface area contributed by atoms with E-state index in [1.165, 1.54) is 12.5 Å². The smallest absolute Gasteiger partial charge is 0.274 e. The van der Waals surface area contributed by atoms with Crippen molar-refractivity contribution in [2.75, 3.05) is 0 Å². The maximum absolute atomic E-state index is 11.7. The van der Waals surface area contributed by atoms with Crippen molar-refractivity contribution in [2.45, 2.75) is 6.92 Å². The third-order valence-corrected chi connectivity index (χ3v) is 2.52. The monoisotopic (exact) mass is 253 g/mol. The van der Waals surface area contributed by atoms with Crippen LogP contribution in [0.4, 0.5) is 0 Å². The first-order chi connectivity index (χ1) is 9.20. The molecule has 1 amide bonds. The highest BCUT2D eigenvalue weighted by molar-refractivity contribution is 5.95. The first kappa shape index (κ1) is 12.6. The van der Waals surface area contributed by atoms with Crippen LogP contribution in [0.15, 0.2) is 46.1 Å². The number of furan rings is 1. The number of benzene rings is 1. The van der Waals surface area contributed by atoms with Gasteiger partial charge in [-0.2, -0.15) is 10.4 Å². The molecule has 0 bridgehead atoms. The molecule has 2 rings (SSSR count). The van der Waals surface area contributed by atoms with Crippen molar-refractivity contribution in [3.63, 3.8) is 0 Å². The van der Waals surface area contributed by atoms with E-state index in [9.17, 15) is 4.79 Å². The third kappa shape index (κ3) is 3.07. The van der Waals surface area contributed by atoms with Gasteiger partial charge in [0.1, 0.15) is 5.76 Å². The van der Waals surface area contributed by atoms with E-state index in [0.29, 0.717) is 16.9 Å². The van der Waals surface area contributed by atoms with Gasteiger partial charge in [0.2, 0.25) is 0 Å². The lowest BCUT2D eigenvalue weighted by Gasteiger charge is -1.97. The van der Waals surface area contributed by atoms with E-state index in [1.807, 2.05) is 6.07 Å². The second-order valence-electron chi connectivity index (χ2n) is 3.82. The van der Waals surface area contributed by atoms with Crippen molar-refractivity contribution in [1.82, 2.24) is 5.43 Å². The summed E-state index contributed by atoms with van der Waals surface area (Å²) in [5.74, 6) is 0.224. The molecule has 0 aliphatic rings. The molecule has 2 aromatic rings. The number of carbonyl (C=O) groups is 1. The molecule has 1 aromatic heterocycles. The Labute approximate surface area is 110 Å². The van der Waals surface area contributed by atoms with Crippen LogP contribution in [0.5, 0.6) is 0 Å². The molecule has 0 aliphatic carbocycles. The minimum Gasteiger partial charge on any atom is -0.469 e. The fourth-order valence-electron chi connectivity index (χ4n) is 1.49. The number of rotatable bonds is 3. The lowest BCUT2D eigenvalue weighted by molar-refractivity contribution is 0.0953. The summed E-state index contributed by atoms with van der Waals surface area (Å²) in [7, 11) is 0. The van der Waals surface area contributed by atoms with Crippen molar-refractivity contribution in [3.05, 3.63) is 59.0 Å². The summed E-state index contributed by atoms with van der Waals surface area (Å²) in [6.45, 7) is 1.71. The van der Waals surface area contributed by atoms with Crippen LogP contribution in [0.25, 0.3) is 0 Å². The molecule has 0 fully saturated rings. The Kier molecular flexibility index (Phi) is 3.74. The largest absolute Gasteiger partial charge is 0.469 e. The Bertz CT molecular complexity index is 648. The van der Waals surface area contributed by atoms with E-state index in [0.717, 1.165) is 5.56 Å². The summed E-state index contributed by atoms with van der Waals surface area (Å²) < 4.78 is 5.03. The molecule has 0 unspecified atom stereocenters. The molecule has 5 heteroatoms. The van der Waals surface area contributed by atoms with Crippen LogP contribution in [-0.4, -0.2) is 12.1 Å². The van der Waals surface area contributed by atoms with Crippen LogP contribution in [0, 0.1) is 18.3 Å². The summed E-state index contributed by atoms with van der Waals surface area (Å²) in [6, 6.07) is 10.5. The fourth-order valence-corrected chi connectivity index (χ4v) is 1.49. The average molecular weight is 253 g/mol. The van der Waals surface area contributed by atoms with Gasteiger partial charge >= 0.3 is 0 Å². The number of hydrogen-bond acceptors (Lipinski definition) is 4. The molecule has 0 saturated carbocycles. The SMILES string of the molecule is Cc1occc1C(=O)N/N=C/c1ccc(C#N)cc1. The Morgan fingerprint density at radius 2 is 2.11 bits per heavy atom. The zero-order valence-electron chi connectivity index (χ0n) is 10.3. The molecular formula is C14H11N3O2. The van der Waals surface area contributed by atoms with Crippen molar-refractivity contribution in [3.8, 4) is 6.07 Å². The lowest BCUT2D eigenvalue weighted by atomic mass is 10.2. The minimum atomic E-state index is -0.323. The molecule has 5 nitrogen and oxygen atoms in total. The second kappa shape index (κ2) is 5.65. The van der Waals surface area contributed by atoms with Crippen molar-refractivity contribution in [1.29, 1.82) is 5.26 Å². The third-order valence-electron chi connectivity index (χ3n) is 2.52. The number of carbonyl (C=O) groups excluding carboxylic acids is 1. The van der Waals surface area contributed by atoms with Gasteiger partial charge in [0, 0.05) is 0 Å². The van der Waals surface area contributed by atoms with E-state index >= 15 is 0 Å². The number of nitrogens with zero attached hydrogens (tertiary/aromatic N) is 2. The van der Waals surface area contributed by atoms with Crippen LogP contribution in [0.2, 0.25) is 0 Å². The molecular weight excluding hydrogens is 242 g/mol. The fraction of sp³-hybridized carbons (Fsp3) is 0.0714. The molecule has 1 aromatic carbocycles. The van der Waals surface area contributed by atoms with E-state index in [2.05, 4.69) is 10.5 Å². The van der Waals surface area contributed by atoms with Crippen LogP contribution in [-0.2, 0) is 0 Å². The van der Waals surface area contributed by atoms with Crippen LogP contribution in [0.3, 0.4) is 0 Å². The summed E-state index contributed by atoms with van der Waals surface area (Å²) in [5.41, 5.74) is 4.24. The first-order valence-corrected chi connectivity index (χ1v) is 5.58. The zero-order chi connectivity index (χ0) is 13.7. The van der Waals surface area contributed by atoms with E-state index in [1.54, 1.807) is 37.3 Å². The summed E-state index contributed by atoms with van der Waals surface area (Å²) in [4.78, 5) is 11.7. The zero-order valence-corrected chi connectivity index (χ0v) is 10.3. The summed E-state index contributed by atoms with van der Waals surface area (Å²) in [5, 5.41) is 12.5. The van der Waals surface area contributed by atoms with Crippen LogP contribution < -0.4 is 5.43 Å². The van der Waals surface area contributed by atoms with Crippen LogP contribution >= 0.6 is 0 Å². The normalized spacial score (nSPS) is 10.3. The molecule has 0 spiro atoms. The maximum Gasteiger partial charge on any atom is 0.274 e. The number of amides is 1. The first-order valence-electron chi connectivity index (χ1n) is 5.58. The maximum atomic E-state index is 11.7. The van der Waals surface area contributed by atoms with Gasteiger partial charge in [0.15, 0.2) is 0 Å². The summed E-state index contributed by atoms with van der Waals surface area (Å²) >= 11 is 0. The van der Waals surface area contributed by atoms with Gasteiger partial charge in [-0.15, -0.1) is 0 Å². The molecule has 0 radical (unpaired) electrons. The molecule has 94 valence electrons. The van der Waals surface area contributed by atoms with Crippen molar-refractivity contribution < 1.29 is 9.21 Å². The molecule has 0 atom stereocenters. The number of nitriles is 1. The number of aryl methyl sites for hydroxylation is 1. The van der Waals surface area contributed by atoms with Crippen LogP contribution in [0.1, 0.15) is 27.2 Å². The molecule has 0 saturated heterocycles. The highest BCUT2D eigenvalue weighted by atomic mass is 16.3. The number of hydrogen-bond donors (Lipinski definition) is 1. The van der Waals surface area contributed by atoms with E-state index < -0.39 is 0 Å². The summed E-state index contributed by atoms with van der Waals surface area (Å²) in [6.07, 6.45) is 2.96. The second-order valence-corrected chi connectivity index (χ2v) is 3.82. The molecule has 0 aliphatic heterocycles. The van der Waals surface area contributed by atoms with Gasteiger partial charge < -0.3 is 4.42 Å². The Hall–Kier alpha value is -2.87.